The van der Waals surface area contributed by atoms with Gasteiger partial charge in [-0.3, -0.25) is 0 Å². The van der Waals surface area contributed by atoms with E-state index in [1.165, 1.54) is 25.7 Å². The van der Waals surface area contributed by atoms with Gasteiger partial charge >= 0.3 is 5.97 Å². The molecule has 2 rings (SSSR count). The van der Waals surface area contributed by atoms with Gasteiger partial charge in [-0.05, 0) is 36.5 Å². The molecule has 0 aliphatic heterocycles. The number of aromatic carboxylic acids is 1. The minimum atomic E-state index is -0.888. The molecule has 0 amide bonds. The van der Waals surface area contributed by atoms with Crippen molar-refractivity contribution in [2.24, 2.45) is 5.92 Å². The van der Waals surface area contributed by atoms with Crippen LogP contribution in [0.2, 0.25) is 0 Å². The average Bonchev–Trinajstić information content (AvgIpc) is 2.39. The van der Waals surface area contributed by atoms with Crippen LogP contribution in [0.25, 0.3) is 0 Å². The molecule has 0 spiro atoms. The van der Waals surface area contributed by atoms with E-state index in [0.717, 1.165) is 22.5 Å². The Labute approximate surface area is 122 Å². The van der Waals surface area contributed by atoms with Crippen molar-refractivity contribution in [2.45, 2.75) is 45.2 Å². The van der Waals surface area contributed by atoms with E-state index in [-0.39, 0.29) is 0 Å². The molecule has 2 unspecified atom stereocenters. The van der Waals surface area contributed by atoms with Gasteiger partial charge in [0.2, 0.25) is 0 Å². The smallest absolute Gasteiger partial charge is 0.335 e. The highest BCUT2D eigenvalue weighted by atomic mass is 79.9. The highest BCUT2D eigenvalue weighted by Gasteiger charge is 2.20. The van der Waals surface area contributed by atoms with E-state index in [4.69, 9.17) is 5.11 Å². The lowest BCUT2D eigenvalue weighted by molar-refractivity contribution is 0.0697. The Kier molecular flexibility index (Phi) is 4.99. The molecule has 1 aromatic carbocycles. The first kappa shape index (κ1) is 14.5. The van der Waals surface area contributed by atoms with Crippen LogP contribution >= 0.6 is 15.9 Å². The molecule has 2 N–H and O–H groups in total. The summed E-state index contributed by atoms with van der Waals surface area (Å²) < 4.78 is 0.864. The first-order chi connectivity index (χ1) is 9.08. The number of nitrogens with one attached hydrogen (secondary N) is 1. The molecule has 0 heterocycles. The number of carboxylic acids is 1. The fraction of sp³-hybridized carbons (Fsp3) is 0.533. The van der Waals surface area contributed by atoms with E-state index in [1.807, 2.05) is 6.07 Å². The van der Waals surface area contributed by atoms with Gasteiger partial charge in [0.25, 0.3) is 0 Å². The third kappa shape index (κ3) is 3.80. The van der Waals surface area contributed by atoms with Gasteiger partial charge < -0.3 is 10.4 Å². The predicted octanol–water partition coefficient (Wildman–Crippen LogP) is 3.82. The van der Waals surface area contributed by atoms with Crippen molar-refractivity contribution in [2.75, 3.05) is 0 Å². The second-order valence-corrected chi connectivity index (χ2v) is 6.21. The third-order valence-corrected chi connectivity index (χ3v) is 4.70. The van der Waals surface area contributed by atoms with Gasteiger partial charge in [-0.25, -0.2) is 4.79 Å². The molecular weight excluding hydrogens is 306 g/mol. The lowest BCUT2D eigenvalue weighted by Gasteiger charge is -2.29. The Morgan fingerprint density at radius 3 is 2.79 bits per heavy atom. The van der Waals surface area contributed by atoms with Gasteiger partial charge in [0.15, 0.2) is 0 Å². The maximum absolute atomic E-state index is 10.9. The van der Waals surface area contributed by atoms with Crippen molar-refractivity contribution < 1.29 is 9.90 Å². The Morgan fingerprint density at radius 2 is 2.16 bits per heavy atom. The molecule has 1 saturated carbocycles. The molecule has 0 saturated heterocycles. The fourth-order valence-corrected chi connectivity index (χ4v) is 3.20. The number of hydrogen-bond donors (Lipinski definition) is 2. The van der Waals surface area contributed by atoms with Gasteiger partial charge in [-0.1, -0.05) is 41.8 Å². The van der Waals surface area contributed by atoms with Gasteiger partial charge in [-0.2, -0.15) is 0 Å². The van der Waals surface area contributed by atoms with E-state index in [1.54, 1.807) is 12.1 Å². The summed E-state index contributed by atoms with van der Waals surface area (Å²) in [7, 11) is 0. The third-order valence-electron chi connectivity index (χ3n) is 3.97. The number of hydrogen-bond acceptors (Lipinski definition) is 2. The fourth-order valence-electron chi connectivity index (χ4n) is 2.68. The topological polar surface area (TPSA) is 49.3 Å². The van der Waals surface area contributed by atoms with Crippen molar-refractivity contribution >= 4 is 21.9 Å². The molecule has 1 aliphatic rings. The van der Waals surface area contributed by atoms with Crippen molar-refractivity contribution in [3.63, 3.8) is 0 Å². The maximum atomic E-state index is 10.9. The lowest BCUT2D eigenvalue weighted by Crippen LogP contribution is -2.36. The van der Waals surface area contributed by atoms with Gasteiger partial charge in [0, 0.05) is 17.1 Å². The zero-order valence-electron chi connectivity index (χ0n) is 11.2. The van der Waals surface area contributed by atoms with Crippen LogP contribution in [0, 0.1) is 5.92 Å². The van der Waals surface area contributed by atoms with E-state index >= 15 is 0 Å². The number of carbonyl (C=O) groups is 1. The molecule has 1 aliphatic carbocycles. The molecule has 0 radical (unpaired) electrons. The lowest BCUT2D eigenvalue weighted by atomic mass is 9.86. The second-order valence-electron chi connectivity index (χ2n) is 5.36. The van der Waals surface area contributed by atoms with Crippen molar-refractivity contribution in [1.82, 2.24) is 5.32 Å². The van der Waals surface area contributed by atoms with E-state index in [2.05, 4.69) is 28.2 Å². The monoisotopic (exact) mass is 325 g/mol. The van der Waals surface area contributed by atoms with Crippen LogP contribution in [-0.2, 0) is 6.54 Å². The van der Waals surface area contributed by atoms with Crippen molar-refractivity contribution in [1.29, 1.82) is 0 Å². The molecule has 104 valence electrons. The van der Waals surface area contributed by atoms with Crippen LogP contribution in [0.3, 0.4) is 0 Å². The summed E-state index contributed by atoms with van der Waals surface area (Å²) in [6.45, 7) is 3.09. The summed E-state index contributed by atoms with van der Waals surface area (Å²) in [5.74, 6) is -0.160. The Bertz CT molecular complexity index is 461. The van der Waals surface area contributed by atoms with Crippen LogP contribution in [0.5, 0.6) is 0 Å². The highest BCUT2D eigenvalue weighted by Crippen LogP contribution is 2.25. The molecule has 3 nitrogen and oxygen atoms in total. The summed E-state index contributed by atoms with van der Waals surface area (Å²) in [5, 5.41) is 12.5. The molecule has 0 aromatic heterocycles. The first-order valence-electron chi connectivity index (χ1n) is 6.83. The Morgan fingerprint density at radius 1 is 1.42 bits per heavy atom. The quantitative estimate of drug-likeness (QED) is 0.884. The molecule has 0 bridgehead atoms. The standard InChI is InChI=1S/C15H20BrNO2/c1-10-4-2-3-5-14(10)17-9-12-7-6-11(15(18)19)8-13(12)16/h6-8,10,14,17H,2-5,9H2,1H3,(H,18,19). The second kappa shape index (κ2) is 6.53. The number of benzene rings is 1. The average molecular weight is 326 g/mol. The van der Waals surface area contributed by atoms with E-state index in [9.17, 15) is 4.79 Å². The van der Waals surface area contributed by atoms with Crippen LogP contribution in [0.1, 0.15) is 48.5 Å². The van der Waals surface area contributed by atoms with E-state index < -0.39 is 5.97 Å². The molecular formula is C15H20BrNO2. The van der Waals surface area contributed by atoms with Crippen LogP contribution in [-0.4, -0.2) is 17.1 Å². The molecule has 2 atom stereocenters. The van der Waals surface area contributed by atoms with Crippen LogP contribution < -0.4 is 5.32 Å². The SMILES string of the molecule is CC1CCCCC1NCc1ccc(C(=O)O)cc1Br. The Balaban J connectivity index is 1.97. The summed E-state index contributed by atoms with van der Waals surface area (Å²) in [6, 6.07) is 5.80. The highest BCUT2D eigenvalue weighted by molar-refractivity contribution is 9.10. The van der Waals surface area contributed by atoms with Crippen molar-refractivity contribution in [3.05, 3.63) is 33.8 Å². The minimum absolute atomic E-state index is 0.321. The molecule has 4 heteroatoms. The van der Waals surface area contributed by atoms with Gasteiger partial charge in [0.1, 0.15) is 0 Å². The predicted molar refractivity (Wildman–Crippen MR) is 79.4 cm³/mol. The van der Waals surface area contributed by atoms with Gasteiger partial charge in [-0.15, -0.1) is 0 Å². The minimum Gasteiger partial charge on any atom is -0.478 e. The number of carboxylic acid groups (broad SMARTS) is 1. The zero-order chi connectivity index (χ0) is 13.8. The maximum Gasteiger partial charge on any atom is 0.335 e. The first-order valence-corrected chi connectivity index (χ1v) is 7.62. The van der Waals surface area contributed by atoms with Gasteiger partial charge in [0.05, 0.1) is 5.56 Å². The van der Waals surface area contributed by atoms with Crippen LogP contribution in [0.15, 0.2) is 22.7 Å². The Hall–Kier alpha value is -0.870. The zero-order valence-corrected chi connectivity index (χ0v) is 12.7. The largest absolute Gasteiger partial charge is 0.478 e. The molecule has 19 heavy (non-hydrogen) atoms. The summed E-state index contributed by atoms with van der Waals surface area (Å²) in [6.07, 6.45) is 5.19. The summed E-state index contributed by atoms with van der Waals surface area (Å²) >= 11 is 3.45. The summed E-state index contributed by atoms with van der Waals surface area (Å²) in [5.41, 5.74) is 1.43. The number of halogens is 1. The number of rotatable bonds is 4. The van der Waals surface area contributed by atoms with Crippen LogP contribution in [0.4, 0.5) is 0 Å². The normalized spacial score (nSPS) is 23.3. The summed E-state index contributed by atoms with van der Waals surface area (Å²) in [4.78, 5) is 10.9. The molecule has 1 fully saturated rings. The molecule has 1 aromatic rings. The van der Waals surface area contributed by atoms with Crippen molar-refractivity contribution in [3.8, 4) is 0 Å². The van der Waals surface area contributed by atoms with E-state index in [0.29, 0.717) is 11.6 Å².